The van der Waals surface area contributed by atoms with Gasteiger partial charge in [0.05, 0.1) is 13.1 Å². The second-order valence-corrected chi connectivity index (χ2v) is 7.72. The Balaban J connectivity index is 0.00000243. The number of likely N-dealkylation sites (N-methyl/N-ethyl adjacent to an activating group) is 1. The highest BCUT2D eigenvalue weighted by Crippen LogP contribution is 2.44. The van der Waals surface area contributed by atoms with Crippen LogP contribution in [0, 0.1) is 18.8 Å². The highest BCUT2D eigenvalue weighted by atomic mass is 127. The van der Waals surface area contributed by atoms with Crippen LogP contribution in [0.1, 0.15) is 36.8 Å². The Hall–Kier alpha value is -1.31. The van der Waals surface area contributed by atoms with Crippen molar-refractivity contribution < 1.29 is 4.79 Å². The van der Waals surface area contributed by atoms with E-state index in [4.69, 9.17) is 4.99 Å². The number of fused-ring (bicyclic) bond motifs is 2. The first-order chi connectivity index (χ1) is 12.0. The molecular weight excluding hydrogens is 439 g/mol. The zero-order valence-corrected chi connectivity index (χ0v) is 18.3. The smallest absolute Gasteiger partial charge is 0.241 e. The van der Waals surface area contributed by atoms with Crippen LogP contribution in [-0.4, -0.2) is 43.4 Å². The maximum Gasteiger partial charge on any atom is 0.241 e. The zero-order valence-electron chi connectivity index (χ0n) is 16.0. The lowest BCUT2D eigenvalue weighted by Crippen LogP contribution is -2.48. The van der Waals surface area contributed by atoms with Gasteiger partial charge in [-0.25, -0.2) is 4.99 Å². The van der Waals surface area contributed by atoms with Crippen LogP contribution in [0.25, 0.3) is 0 Å². The van der Waals surface area contributed by atoms with E-state index in [-0.39, 0.29) is 36.4 Å². The summed E-state index contributed by atoms with van der Waals surface area (Å²) in [5.74, 6) is 2.46. The van der Waals surface area contributed by atoms with Crippen LogP contribution in [-0.2, 0) is 11.3 Å². The first-order valence-electron chi connectivity index (χ1n) is 9.32. The molecule has 2 saturated carbocycles. The van der Waals surface area contributed by atoms with Gasteiger partial charge < -0.3 is 15.5 Å². The van der Waals surface area contributed by atoms with Gasteiger partial charge in [0, 0.05) is 20.1 Å². The molecule has 2 fully saturated rings. The zero-order chi connectivity index (χ0) is 17.8. The van der Waals surface area contributed by atoms with Gasteiger partial charge in [0.2, 0.25) is 5.91 Å². The van der Waals surface area contributed by atoms with Crippen LogP contribution >= 0.6 is 24.0 Å². The molecule has 2 aliphatic rings. The number of nitrogens with one attached hydrogen (secondary N) is 2. The molecule has 0 radical (unpaired) electrons. The lowest BCUT2D eigenvalue weighted by molar-refractivity contribution is -0.127. The number of hydrogen-bond acceptors (Lipinski definition) is 2. The Morgan fingerprint density at radius 2 is 2.08 bits per heavy atom. The van der Waals surface area contributed by atoms with Gasteiger partial charge >= 0.3 is 0 Å². The van der Waals surface area contributed by atoms with Gasteiger partial charge in [-0.3, -0.25) is 4.79 Å². The minimum atomic E-state index is 0. The maximum atomic E-state index is 11.9. The molecule has 2 aliphatic carbocycles. The quantitative estimate of drug-likeness (QED) is 0.396. The monoisotopic (exact) mass is 470 g/mol. The number of amides is 1. The molecule has 2 bridgehead atoms. The highest BCUT2D eigenvalue weighted by molar-refractivity contribution is 14.0. The van der Waals surface area contributed by atoms with Crippen molar-refractivity contribution in [2.24, 2.45) is 16.8 Å². The van der Waals surface area contributed by atoms with Gasteiger partial charge in [0.15, 0.2) is 5.96 Å². The van der Waals surface area contributed by atoms with Crippen LogP contribution in [0.5, 0.6) is 0 Å². The molecule has 0 saturated heterocycles. The Morgan fingerprint density at radius 1 is 1.27 bits per heavy atom. The minimum absolute atomic E-state index is 0. The minimum Gasteiger partial charge on any atom is -0.353 e. The molecule has 3 rings (SSSR count). The molecule has 6 heteroatoms. The van der Waals surface area contributed by atoms with Crippen LogP contribution < -0.4 is 10.6 Å². The summed E-state index contributed by atoms with van der Waals surface area (Å²) in [6.07, 6.45) is 5.28. The highest BCUT2D eigenvalue weighted by Gasteiger charge is 2.39. The Labute approximate surface area is 174 Å². The molecule has 0 aromatic heterocycles. The number of guanidine groups is 1. The summed E-state index contributed by atoms with van der Waals surface area (Å²) in [5.41, 5.74) is 2.43. The van der Waals surface area contributed by atoms with E-state index in [0.717, 1.165) is 17.8 Å². The van der Waals surface area contributed by atoms with Gasteiger partial charge in [0.1, 0.15) is 0 Å². The van der Waals surface area contributed by atoms with E-state index in [2.05, 4.69) is 41.8 Å². The molecule has 3 atom stereocenters. The van der Waals surface area contributed by atoms with Crippen molar-refractivity contribution in [3.05, 3.63) is 35.4 Å². The van der Waals surface area contributed by atoms with E-state index in [1.165, 1.54) is 36.8 Å². The molecule has 0 heterocycles. The van der Waals surface area contributed by atoms with Gasteiger partial charge in [0.25, 0.3) is 0 Å². The van der Waals surface area contributed by atoms with Crippen LogP contribution in [0.4, 0.5) is 0 Å². The molecule has 3 unspecified atom stereocenters. The van der Waals surface area contributed by atoms with Crippen molar-refractivity contribution in [3.63, 3.8) is 0 Å². The summed E-state index contributed by atoms with van der Waals surface area (Å²) in [4.78, 5) is 18.2. The number of aliphatic imine (C=N–C) groups is 1. The van der Waals surface area contributed by atoms with E-state index >= 15 is 0 Å². The van der Waals surface area contributed by atoms with Gasteiger partial charge in [-0.2, -0.15) is 0 Å². The summed E-state index contributed by atoms with van der Waals surface area (Å²) in [6, 6.07) is 8.90. The van der Waals surface area contributed by atoms with E-state index in [1.807, 2.05) is 0 Å². The molecule has 144 valence electrons. The van der Waals surface area contributed by atoms with Crippen molar-refractivity contribution in [2.75, 3.05) is 20.6 Å². The number of carbonyl (C=O) groups is 1. The predicted molar refractivity (Wildman–Crippen MR) is 117 cm³/mol. The number of carbonyl (C=O) groups excluding carboxylic acids is 1. The van der Waals surface area contributed by atoms with Crippen LogP contribution in [0.3, 0.4) is 0 Å². The second kappa shape index (κ2) is 9.58. The van der Waals surface area contributed by atoms with Crippen molar-refractivity contribution in [1.82, 2.24) is 15.5 Å². The Morgan fingerprint density at radius 3 is 2.69 bits per heavy atom. The topological polar surface area (TPSA) is 56.7 Å². The van der Waals surface area contributed by atoms with Crippen molar-refractivity contribution in [1.29, 1.82) is 0 Å². The van der Waals surface area contributed by atoms with Crippen molar-refractivity contribution in [2.45, 2.75) is 45.2 Å². The van der Waals surface area contributed by atoms with Gasteiger partial charge in [-0.1, -0.05) is 36.2 Å². The van der Waals surface area contributed by atoms with Gasteiger partial charge in [-0.05, 0) is 43.6 Å². The molecule has 1 amide bonds. The number of benzene rings is 1. The normalized spacial score (nSPS) is 24.1. The average molecular weight is 470 g/mol. The lowest BCUT2D eigenvalue weighted by Gasteiger charge is -2.25. The standard InChI is InChI=1S/C20H30N4O.HI/c1-14-5-4-6-16(9-14)12-21-20(22-13-19(25)24(2)3)23-18-11-15-7-8-17(18)10-15;/h4-6,9,15,17-18H,7-8,10-13H2,1-3H3,(H2,21,22,23);1H. The number of aryl methyl sites for hydroxylation is 1. The maximum absolute atomic E-state index is 11.9. The lowest BCUT2D eigenvalue weighted by atomic mass is 9.95. The van der Waals surface area contributed by atoms with E-state index < -0.39 is 0 Å². The first kappa shape index (κ1) is 21.0. The van der Waals surface area contributed by atoms with Crippen molar-refractivity contribution in [3.8, 4) is 0 Å². The third kappa shape index (κ3) is 5.59. The molecule has 0 spiro atoms. The number of rotatable bonds is 5. The molecule has 2 N–H and O–H groups in total. The van der Waals surface area contributed by atoms with E-state index in [9.17, 15) is 4.79 Å². The number of nitrogens with zero attached hydrogens (tertiary/aromatic N) is 2. The molecule has 1 aromatic rings. The molecule has 0 aliphatic heterocycles. The largest absolute Gasteiger partial charge is 0.353 e. The fraction of sp³-hybridized carbons (Fsp3) is 0.600. The first-order valence-corrected chi connectivity index (χ1v) is 9.32. The molecule has 5 nitrogen and oxygen atoms in total. The summed E-state index contributed by atoms with van der Waals surface area (Å²) in [5, 5.41) is 6.81. The number of hydrogen-bond donors (Lipinski definition) is 2. The summed E-state index contributed by atoms with van der Waals surface area (Å²) in [6.45, 7) is 2.98. The third-order valence-electron chi connectivity index (χ3n) is 5.47. The average Bonchev–Trinajstić information content (AvgIpc) is 3.19. The third-order valence-corrected chi connectivity index (χ3v) is 5.47. The van der Waals surface area contributed by atoms with E-state index in [0.29, 0.717) is 12.6 Å². The van der Waals surface area contributed by atoms with Crippen LogP contribution in [0.2, 0.25) is 0 Å². The number of halogens is 1. The fourth-order valence-electron chi connectivity index (χ4n) is 4.05. The second-order valence-electron chi connectivity index (χ2n) is 7.72. The summed E-state index contributed by atoms with van der Waals surface area (Å²) in [7, 11) is 3.55. The predicted octanol–water partition coefficient (Wildman–Crippen LogP) is 2.93. The molecule has 26 heavy (non-hydrogen) atoms. The van der Waals surface area contributed by atoms with E-state index in [1.54, 1.807) is 19.0 Å². The van der Waals surface area contributed by atoms with Crippen molar-refractivity contribution >= 4 is 35.8 Å². The molecular formula is C20H31IN4O. The SMILES string of the molecule is Cc1cccc(CN=C(NCC(=O)N(C)C)NC2CC3CCC2C3)c1.I. The summed E-state index contributed by atoms with van der Waals surface area (Å²) < 4.78 is 0. The van der Waals surface area contributed by atoms with Crippen LogP contribution in [0.15, 0.2) is 29.3 Å². The molecule has 1 aromatic carbocycles. The Kier molecular flexibility index (Phi) is 7.73. The van der Waals surface area contributed by atoms with Gasteiger partial charge in [-0.15, -0.1) is 24.0 Å². The summed E-state index contributed by atoms with van der Waals surface area (Å²) >= 11 is 0. The Bertz CT molecular complexity index is 646. The fourth-order valence-corrected chi connectivity index (χ4v) is 4.05.